The van der Waals surface area contributed by atoms with Gasteiger partial charge in [-0.25, -0.2) is 4.39 Å². The molecule has 1 N–H and O–H groups in total. The number of halogens is 2. The van der Waals surface area contributed by atoms with E-state index in [1.807, 2.05) is 19.2 Å². The largest absolute Gasteiger partial charge is 0.459 e. The minimum Gasteiger partial charge on any atom is -0.459 e. The molecule has 20 heavy (non-hydrogen) atoms. The van der Waals surface area contributed by atoms with Crippen molar-refractivity contribution in [1.82, 2.24) is 10.3 Å². The van der Waals surface area contributed by atoms with E-state index in [1.54, 1.807) is 18.3 Å². The van der Waals surface area contributed by atoms with Gasteiger partial charge in [0.15, 0.2) is 0 Å². The molecule has 102 valence electrons. The van der Waals surface area contributed by atoms with Crippen LogP contribution in [0.15, 0.2) is 47.0 Å². The van der Waals surface area contributed by atoms with Crippen molar-refractivity contribution in [3.63, 3.8) is 0 Å². The van der Waals surface area contributed by atoms with Gasteiger partial charge in [0.05, 0.1) is 10.7 Å². The van der Waals surface area contributed by atoms with Crippen LogP contribution in [0.25, 0.3) is 11.0 Å². The molecule has 0 fully saturated rings. The number of aromatic nitrogens is 1. The quantitative estimate of drug-likeness (QED) is 0.794. The minimum absolute atomic E-state index is 0.206. The van der Waals surface area contributed by atoms with Gasteiger partial charge in [0.1, 0.15) is 23.2 Å². The summed E-state index contributed by atoms with van der Waals surface area (Å²) in [5.74, 6) is 0.401. The molecule has 1 unspecified atom stereocenters. The third-order valence-electron chi connectivity index (χ3n) is 3.12. The lowest BCUT2D eigenvalue weighted by Crippen LogP contribution is -2.18. The highest BCUT2D eigenvalue weighted by atomic mass is 35.5. The summed E-state index contributed by atoms with van der Waals surface area (Å²) in [6.45, 7) is 0. The fraction of sp³-hybridized carbons (Fsp3) is 0.133. The summed E-state index contributed by atoms with van der Waals surface area (Å²) in [5, 5.41) is 4.45. The molecule has 3 rings (SSSR count). The van der Waals surface area contributed by atoms with Crippen LogP contribution in [0.1, 0.15) is 17.5 Å². The number of hydrogen-bond donors (Lipinski definition) is 1. The van der Waals surface area contributed by atoms with Gasteiger partial charge in [-0.2, -0.15) is 0 Å². The summed E-state index contributed by atoms with van der Waals surface area (Å²) in [6.07, 6.45) is 1.59. The Hall–Kier alpha value is -1.91. The Morgan fingerprint density at radius 2 is 2.10 bits per heavy atom. The Kier molecular flexibility index (Phi) is 3.42. The van der Waals surface area contributed by atoms with Crippen molar-refractivity contribution in [3.05, 3.63) is 64.9 Å². The molecule has 3 aromatic rings. The van der Waals surface area contributed by atoms with Gasteiger partial charge in [0.25, 0.3) is 0 Å². The lowest BCUT2D eigenvalue weighted by Gasteiger charge is -2.12. The number of nitrogens with one attached hydrogen (secondary N) is 1. The van der Waals surface area contributed by atoms with Gasteiger partial charge in [-0.1, -0.05) is 11.6 Å². The number of rotatable bonds is 3. The predicted molar refractivity (Wildman–Crippen MR) is 76.3 cm³/mol. The Morgan fingerprint density at radius 1 is 1.25 bits per heavy atom. The van der Waals surface area contributed by atoms with Crippen molar-refractivity contribution in [2.45, 2.75) is 6.04 Å². The second-order valence-corrected chi connectivity index (χ2v) is 4.89. The molecule has 0 spiro atoms. The molecule has 1 aromatic carbocycles. The predicted octanol–water partition coefficient (Wildman–Crippen LogP) is 3.93. The van der Waals surface area contributed by atoms with Crippen LogP contribution in [0.5, 0.6) is 0 Å². The first-order chi connectivity index (χ1) is 9.67. The van der Waals surface area contributed by atoms with Crippen LogP contribution in [-0.2, 0) is 0 Å². The van der Waals surface area contributed by atoms with E-state index in [9.17, 15) is 4.39 Å². The molecule has 0 bridgehead atoms. The van der Waals surface area contributed by atoms with Gasteiger partial charge in [0.2, 0.25) is 0 Å². The molecule has 0 saturated carbocycles. The molecular formula is C15H12ClFN2O. The van der Waals surface area contributed by atoms with Crippen molar-refractivity contribution in [1.29, 1.82) is 0 Å². The van der Waals surface area contributed by atoms with Crippen LogP contribution in [0, 0.1) is 5.82 Å². The average Bonchev–Trinajstić information content (AvgIpc) is 2.84. The third kappa shape index (κ3) is 2.40. The Labute approximate surface area is 120 Å². The van der Waals surface area contributed by atoms with E-state index >= 15 is 0 Å². The van der Waals surface area contributed by atoms with E-state index < -0.39 is 0 Å². The number of pyridine rings is 1. The summed E-state index contributed by atoms with van der Waals surface area (Å²) >= 11 is 5.84. The fourth-order valence-corrected chi connectivity index (χ4v) is 2.28. The Balaban J connectivity index is 2.04. The molecule has 0 aliphatic heterocycles. The van der Waals surface area contributed by atoms with Gasteiger partial charge >= 0.3 is 0 Å². The van der Waals surface area contributed by atoms with Crippen LogP contribution < -0.4 is 5.32 Å². The van der Waals surface area contributed by atoms with Crippen LogP contribution in [0.3, 0.4) is 0 Å². The number of benzene rings is 1. The maximum atomic E-state index is 13.2. The first kappa shape index (κ1) is 13.1. The van der Waals surface area contributed by atoms with E-state index in [1.165, 1.54) is 12.1 Å². The molecular weight excluding hydrogens is 279 g/mol. The summed E-state index contributed by atoms with van der Waals surface area (Å²) in [7, 11) is 1.81. The SMILES string of the molecule is CNC(c1ccc(Cl)cn1)c1cc2cc(F)ccc2o1. The normalized spacial score (nSPS) is 12.8. The summed E-state index contributed by atoms with van der Waals surface area (Å²) < 4.78 is 19.0. The smallest absolute Gasteiger partial charge is 0.134 e. The molecule has 0 aliphatic carbocycles. The molecule has 0 amide bonds. The van der Waals surface area contributed by atoms with E-state index in [0.717, 1.165) is 11.1 Å². The standard InChI is InChI=1S/C15H12ClFN2O/c1-18-15(12-4-2-10(16)8-19-12)14-7-9-6-11(17)3-5-13(9)20-14/h2-8,15,18H,1H3. The third-order valence-corrected chi connectivity index (χ3v) is 3.34. The highest BCUT2D eigenvalue weighted by molar-refractivity contribution is 6.30. The highest BCUT2D eigenvalue weighted by Crippen LogP contribution is 2.28. The minimum atomic E-state index is -0.282. The van der Waals surface area contributed by atoms with Gasteiger partial charge in [0, 0.05) is 11.6 Å². The van der Waals surface area contributed by atoms with Gasteiger partial charge < -0.3 is 9.73 Å². The van der Waals surface area contributed by atoms with Crippen LogP contribution in [0.4, 0.5) is 4.39 Å². The highest BCUT2D eigenvalue weighted by Gasteiger charge is 2.18. The van der Waals surface area contributed by atoms with Crippen LogP contribution in [-0.4, -0.2) is 12.0 Å². The number of fused-ring (bicyclic) bond motifs is 1. The molecule has 2 aromatic heterocycles. The van der Waals surface area contributed by atoms with E-state index in [2.05, 4.69) is 10.3 Å². The monoisotopic (exact) mass is 290 g/mol. The lowest BCUT2D eigenvalue weighted by atomic mass is 10.1. The first-order valence-electron chi connectivity index (χ1n) is 6.15. The van der Waals surface area contributed by atoms with Gasteiger partial charge in [-0.05, 0) is 43.4 Å². The Bertz CT molecular complexity index is 739. The van der Waals surface area contributed by atoms with Crippen molar-refractivity contribution in [3.8, 4) is 0 Å². The van der Waals surface area contributed by atoms with Crippen molar-refractivity contribution < 1.29 is 8.81 Å². The summed E-state index contributed by atoms with van der Waals surface area (Å²) in [6, 6.07) is 9.66. The second-order valence-electron chi connectivity index (χ2n) is 4.45. The second kappa shape index (κ2) is 5.23. The zero-order chi connectivity index (χ0) is 14.1. The maximum absolute atomic E-state index is 13.2. The first-order valence-corrected chi connectivity index (χ1v) is 6.53. The van der Waals surface area contributed by atoms with E-state index in [-0.39, 0.29) is 11.9 Å². The molecule has 1 atom stereocenters. The topological polar surface area (TPSA) is 38.1 Å². The van der Waals surface area contributed by atoms with Crippen molar-refractivity contribution in [2.24, 2.45) is 0 Å². The number of furan rings is 1. The van der Waals surface area contributed by atoms with E-state index in [0.29, 0.717) is 16.4 Å². The van der Waals surface area contributed by atoms with Crippen molar-refractivity contribution >= 4 is 22.6 Å². The average molecular weight is 291 g/mol. The number of hydrogen-bond acceptors (Lipinski definition) is 3. The van der Waals surface area contributed by atoms with Gasteiger partial charge in [-0.15, -0.1) is 0 Å². The van der Waals surface area contributed by atoms with Crippen molar-refractivity contribution in [2.75, 3.05) is 7.05 Å². The maximum Gasteiger partial charge on any atom is 0.134 e. The zero-order valence-electron chi connectivity index (χ0n) is 10.7. The molecule has 3 nitrogen and oxygen atoms in total. The molecule has 0 saturated heterocycles. The Morgan fingerprint density at radius 3 is 2.80 bits per heavy atom. The molecule has 0 radical (unpaired) electrons. The molecule has 2 heterocycles. The molecule has 0 aliphatic rings. The lowest BCUT2D eigenvalue weighted by molar-refractivity contribution is 0.485. The van der Waals surface area contributed by atoms with E-state index in [4.69, 9.17) is 16.0 Å². The fourth-order valence-electron chi connectivity index (χ4n) is 2.17. The van der Waals surface area contributed by atoms with Crippen LogP contribution >= 0.6 is 11.6 Å². The van der Waals surface area contributed by atoms with Crippen LogP contribution in [0.2, 0.25) is 5.02 Å². The summed E-state index contributed by atoms with van der Waals surface area (Å²) in [5.41, 5.74) is 1.44. The van der Waals surface area contributed by atoms with Gasteiger partial charge in [-0.3, -0.25) is 4.98 Å². The summed E-state index contributed by atoms with van der Waals surface area (Å²) in [4.78, 5) is 4.29. The zero-order valence-corrected chi connectivity index (χ0v) is 11.5. The number of nitrogens with zero attached hydrogens (tertiary/aromatic N) is 1. The molecule has 5 heteroatoms.